The fraction of sp³-hybridized carbons (Fsp3) is 0.0625. The highest BCUT2D eigenvalue weighted by atomic mass is 35.5. The molecule has 0 radical (unpaired) electrons. The number of carbonyl (C=O) groups is 1. The third-order valence-electron chi connectivity index (χ3n) is 3.03. The van der Waals surface area contributed by atoms with Gasteiger partial charge in [0.25, 0.3) is 5.91 Å². The lowest BCUT2D eigenvalue weighted by Crippen LogP contribution is -2.20. The molecule has 1 heterocycles. The Bertz CT molecular complexity index is 854. The second kappa shape index (κ2) is 8.71. The summed E-state index contributed by atoms with van der Waals surface area (Å²) < 4.78 is 5.22. The second-order valence-corrected chi connectivity index (χ2v) is 5.73. The number of nitrogens with zero attached hydrogens (tertiary/aromatic N) is 2. The number of nitrogens with two attached hydrogens (primary N) is 1. The molecule has 0 aliphatic rings. The first kappa shape index (κ1) is 19.1. The molecule has 2 aromatic rings. The summed E-state index contributed by atoms with van der Waals surface area (Å²) >= 11 is 17.5. The van der Waals surface area contributed by atoms with E-state index in [4.69, 9.17) is 45.3 Å². The molecule has 2 rings (SSSR count). The lowest BCUT2D eigenvalue weighted by Gasteiger charge is -2.07. The Morgan fingerprint density at radius 1 is 1.28 bits per heavy atom. The van der Waals surface area contributed by atoms with Gasteiger partial charge in [0.15, 0.2) is 10.8 Å². The Kier molecular flexibility index (Phi) is 6.64. The van der Waals surface area contributed by atoms with Gasteiger partial charge in [-0.2, -0.15) is 5.10 Å². The van der Waals surface area contributed by atoms with Gasteiger partial charge < -0.3 is 10.5 Å². The number of methoxy groups -OCH3 is 1. The number of allylic oxidation sites excluding steroid dienone is 1. The molecule has 1 amide bonds. The van der Waals surface area contributed by atoms with E-state index in [1.54, 1.807) is 19.3 Å². The average Bonchev–Trinajstić information content (AvgIpc) is 2.62. The highest BCUT2D eigenvalue weighted by Gasteiger charge is 2.19. The van der Waals surface area contributed by atoms with Crippen LogP contribution >= 0.6 is 34.8 Å². The predicted octanol–water partition coefficient (Wildman–Crippen LogP) is 4.06. The number of amides is 1. The third kappa shape index (κ3) is 4.63. The minimum atomic E-state index is -0.669. The van der Waals surface area contributed by atoms with Gasteiger partial charge in [-0.25, -0.2) is 10.4 Å². The SMILES string of the molecule is COc1ccccc1/C=C/C=NNC(=O)c1nc(Cl)c(Cl)c(N)c1Cl. The Balaban J connectivity index is 2.05. The van der Waals surface area contributed by atoms with Crippen LogP contribution in [0.2, 0.25) is 15.2 Å². The molecule has 1 aromatic heterocycles. The molecule has 6 nitrogen and oxygen atoms in total. The van der Waals surface area contributed by atoms with Crippen molar-refractivity contribution >= 4 is 58.7 Å². The van der Waals surface area contributed by atoms with Crippen molar-refractivity contribution in [2.45, 2.75) is 0 Å². The molecule has 0 atom stereocenters. The number of hydrogen-bond acceptors (Lipinski definition) is 5. The van der Waals surface area contributed by atoms with Crippen LogP contribution in [0.25, 0.3) is 6.08 Å². The van der Waals surface area contributed by atoms with Crippen LogP contribution in [0.1, 0.15) is 16.1 Å². The van der Waals surface area contributed by atoms with Gasteiger partial charge >= 0.3 is 0 Å². The van der Waals surface area contributed by atoms with E-state index >= 15 is 0 Å². The van der Waals surface area contributed by atoms with Gasteiger partial charge in [-0.3, -0.25) is 4.79 Å². The topological polar surface area (TPSA) is 89.6 Å². The number of ether oxygens (including phenoxy) is 1. The summed E-state index contributed by atoms with van der Waals surface area (Å²) in [4.78, 5) is 15.8. The minimum Gasteiger partial charge on any atom is -0.496 e. The Morgan fingerprint density at radius 3 is 2.72 bits per heavy atom. The lowest BCUT2D eigenvalue weighted by molar-refractivity contribution is 0.0950. The number of hydrazone groups is 1. The summed E-state index contributed by atoms with van der Waals surface area (Å²) in [5.41, 5.74) is 8.61. The van der Waals surface area contributed by atoms with E-state index in [2.05, 4.69) is 15.5 Å². The third-order valence-corrected chi connectivity index (χ3v) is 4.16. The lowest BCUT2D eigenvalue weighted by atomic mass is 10.2. The van der Waals surface area contributed by atoms with E-state index in [1.165, 1.54) is 6.21 Å². The highest BCUT2D eigenvalue weighted by Crippen LogP contribution is 2.34. The molecule has 0 saturated heterocycles. The van der Waals surface area contributed by atoms with Crippen LogP contribution in [0.4, 0.5) is 5.69 Å². The van der Waals surface area contributed by atoms with Crippen LogP contribution < -0.4 is 15.9 Å². The molecule has 0 fully saturated rings. The standard InChI is InChI=1S/C16H13Cl3N4O2/c1-25-10-7-3-2-5-9(10)6-4-8-21-23-16(24)14-11(17)13(20)12(18)15(19)22-14/h2-8H,1H3,(H2,20,22)(H,23,24)/b6-4+,21-8?. The van der Waals surface area contributed by atoms with Crippen molar-refractivity contribution in [3.63, 3.8) is 0 Å². The maximum atomic E-state index is 12.0. The molecule has 25 heavy (non-hydrogen) atoms. The van der Waals surface area contributed by atoms with E-state index in [-0.39, 0.29) is 26.6 Å². The average molecular weight is 400 g/mol. The molecular weight excluding hydrogens is 387 g/mol. The maximum Gasteiger partial charge on any atom is 0.291 e. The van der Waals surface area contributed by atoms with E-state index in [9.17, 15) is 4.79 Å². The van der Waals surface area contributed by atoms with Crippen LogP contribution in [0.5, 0.6) is 5.75 Å². The van der Waals surface area contributed by atoms with Crippen molar-refractivity contribution in [2.75, 3.05) is 12.8 Å². The molecule has 0 spiro atoms. The van der Waals surface area contributed by atoms with Crippen LogP contribution in [-0.2, 0) is 0 Å². The van der Waals surface area contributed by atoms with Crippen LogP contribution in [0, 0.1) is 0 Å². The minimum absolute atomic E-state index is 0.00791. The zero-order valence-corrected chi connectivity index (χ0v) is 15.2. The summed E-state index contributed by atoms with van der Waals surface area (Å²) in [6.45, 7) is 0. The van der Waals surface area contributed by atoms with E-state index < -0.39 is 5.91 Å². The molecule has 0 saturated carbocycles. The summed E-state index contributed by atoms with van der Waals surface area (Å²) in [6, 6.07) is 7.46. The van der Waals surface area contributed by atoms with Crippen LogP contribution in [0.3, 0.4) is 0 Å². The maximum absolute atomic E-state index is 12.0. The van der Waals surface area contributed by atoms with Crippen LogP contribution in [0.15, 0.2) is 35.4 Å². The molecule has 0 aliphatic heterocycles. The number of rotatable bonds is 5. The number of anilines is 1. The van der Waals surface area contributed by atoms with Gasteiger partial charge in [0.2, 0.25) is 0 Å². The number of carbonyl (C=O) groups excluding carboxylic acids is 1. The van der Waals surface area contributed by atoms with Gasteiger partial charge in [0, 0.05) is 11.8 Å². The number of nitrogens with one attached hydrogen (secondary N) is 1. The number of benzene rings is 1. The Labute approximate surface area is 159 Å². The van der Waals surface area contributed by atoms with Crippen LogP contribution in [-0.4, -0.2) is 24.2 Å². The van der Waals surface area contributed by atoms with E-state index in [0.29, 0.717) is 0 Å². The highest BCUT2D eigenvalue weighted by molar-refractivity contribution is 6.46. The summed E-state index contributed by atoms with van der Waals surface area (Å²) in [6.07, 6.45) is 4.80. The Morgan fingerprint density at radius 2 is 2.00 bits per heavy atom. The van der Waals surface area contributed by atoms with E-state index in [1.807, 2.05) is 24.3 Å². The Hall–Kier alpha value is -2.28. The van der Waals surface area contributed by atoms with Crippen molar-refractivity contribution in [1.29, 1.82) is 0 Å². The smallest absolute Gasteiger partial charge is 0.291 e. The van der Waals surface area contributed by atoms with Crippen molar-refractivity contribution in [3.05, 3.63) is 56.8 Å². The van der Waals surface area contributed by atoms with Gasteiger partial charge in [-0.05, 0) is 18.2 Å². The van der Waals surface area contributed by atoms with Crippen molar-refractivity contribution in [2.24, 2.45) is 5.10 Å². The monoisotopic (exact) mass is 398 g/mol. The normalized spacial score (nSPS) is 11.2. The first-order valence-corrected chi connectivity index (χ1v) is 8.02. The van der Waals surface area contributed by atoms with Gasteiger partial charge in [0.05, 0.1) is 17.8 Å². The number of hydrogen-bond donors (Lipinski definition) is 2. The summed E-state index contributed by atoms with van der Waals surface area (Å²) in [5.74, 6) is 0.0515. The van der Waals surface area contributed by atoms with Gasteiger partial charge in [-0.15, -0.1) is 0 Å². The zero-order valence-electron chi connectivity index (χ0n) is 13.0. The predicted molar refractivity (Wildman–Crippen MR) is 102 cm³/mol. The first-order valence-electron chi connectivity index (χ1n) is 6.88. The number of para-hydroxylation sites is 1. The summed E-state index contributed by atoms with van der Waals surface area (Å²) in [7, 11) is 1.58. The molecule has 9 heteroatoms. The van der Waals surface area contributed by atoms with Crippen molar-refractivity contribution in [3.8, 4) is 5.75 Å². The number of aromatic nitrogens is 1. The van der Waals surface area contributed by atoms with Crippen molar-refractivity contribution < 1.29 is 9.53 Å². The molecule has 1 aromatic carbocycles. The molecule has 130 valence electrons. The van der Waals surface area contributed by atoms with Gasteiger partial charge in [0.1, 0.15) is 10.8 Å². The molecule has 0 unspecified atom stereocenters. The molecular formula is C16H13Cl3N4O2. The number of nitrogen functional groups attached to an aromatic ring is 1. The van der Waals surface area contributed by atoms with Crippen molar-refractivity contribution in [1.82, 2.24) is 10.4 Å². The number of pyridine rings is 1. The largest absolute Gasteiger partial charge is 0.496 e. The molecule has 3 N–H and O–H groups in total. The quantitative estimate of drug-likeness (QED) is 0.451. The van der Waals surface area contributed by atoms with Gasteiger partial charge in [-0.1, -0.05) is 53.0 Å². The second-order valence-electron chi connectivity index (χ2n) is 4.61. The number of halogens is 3. The molecule has 0 aliphatic carbocycles. The summed E-state index contributed by atoms with van der Waals surface area (Å²) in [5, 5.41) is 3.56. The molecule has 0 bridgehead atoms. The van der Waals surface area contributed by atoms with E-state index in [0.717, 1.165) is 11.3 Å². The fourth-order valence-corrected chi connectivity index (χ4v) is 2.42. The first-order chi connectivity index (χ1) is 12.0. The zero-order chi connectivity index (χ0) is 18.4. The fourth-order valence-electron chi connectivity index (χ4n) is 1.82.